The van der Waals surface area contributed by atoms with Crippen LogP contribution in [0, 0.1) is 17.2 Å². The van der Waals surface area contributed by atoms with Crippen LogP contribution in [-0.4, -0.2) is 5.97 Å². The summed E-state index contributed by atoms with van der Waals surface area (Å²) >= 11 is 0. The Hall–Kier alpha value is -2.86. The molecule has 2 rings (SSSR count). The third kappa shape index (κ3) is 5.12. The fourth-order valence-corrected chi connectivity index (χ4v) is 2.14. The van der Waals surface area contributed by atoms with Gasteiger partial charge in [0.15, 0.2) is 0 Å². The highest BCUT2D eigenvalue weighted by atomic mass is 16.5. The third-order valence-corrected chi connectivity index (χ3v) is 3.18. The Morgan fingerprint density at radius 1 is 1.17 bits per heavy atom. The first-order valence-corrected chi connectivity index (χ1v) is 7.56. The number of ether oxygens (including phenoxy) is 1. The summed E-state index contributed by atoms with van der Waals surface area (Å²) in [5, 5.41) is 9.35. The minimum Gasteiger partial charge on any atom is -0.427 e. The molecule has 3 heteroatoms. The van der Waals surface area contributed by atoms with Gasteiger partial charge in [0.1, 0.15) is 5.75 Å². The third-order valence-electron chi connectivity index (χ3n) is 3.18. The maximum Gasteiger partial charge on any atom is 0.311 e. The van der Waals surface area contributed by atoms with Crippen LogP contribution in [0.15, 0.2) is 54.6 Å². The van der Waals surface area contributed by atoms with Gasteiger partial charge in [0.05, 0.1) is 11.6 Å². The van der Waals surface area contributed by atoms with Crippen LogP contribution < -0.4 is 4.74 Å². The molecule has 2 aromatic rings. The van der Waals surface area contributed by atoms with E-state index in [4.69, 9.17) is 4.74 Å². The normalized spacial score (nSPS) is 11.1. The summed E-state index contributed by atoms with van der Waals surface area (Å²) in [7, 11) is 0. The lowest BCUT2D eigenvalue weighted by Crippen LogP contribution is -2.10. The Balaban J connectivity index is 2.21. The summed E-state index contributed by atoms with van der Waals surface area (Å²) in [5.74, 6) is 0.508. The van der Waals surface area contributed by atoms with Crippen LogP contribution in [0.4, 0.5) is 0 Å². The van der Waals surface area contributed by atoms with Crippen molar-refractivity contribution in [3.05, 3.63) is 65.7 Å². The van der Waals surface area contributed by atoms with Crippen molar-refractivity contribution < 1.29 is 9.53 Å². The van der Waals surface area contributed by atoms with Gasteiger partial charge in [0.2, 0.25) is 0 Å². The fraction of sp³-hybridized carbons (Fsp3) is 0.200. The Morgan fingerprint density at radius 2 is 1.91 bits per heavy atom. The number of nitrogens with zero attached hydrogens (tertiary/aromatic N) is 1. The monoisotopic (exact) mass is 305 g/mol. The van der Waals surface area contributed by atoms with Gasteiger partial charge < -0.3 is 4.74 Å². The first-order valence-electron chi connectivity index (χ1n) is 7.56. The Morgan fingerprint density at radius 3 is 2.57 bits per heavy atom. The smallest absolute Gasteiger partial charge is 0.311 e. The topological polar surface area (TPSA) is 50.1 Å². The van der Waals surface area contributed by atoms with Gasteiger partial charge in [-0.05, 0) is 35.3 Å². The molecule has 0 aliphatic carbocycles. The largest absolute Gasteiger partial charge is 0.427 e. The Labute approximate surface area is 136 Å². The second kappa shape index (κ2) is 7.95. The molecule has 0 saturated heterocycles. The van der Waals surface area contributed by atoms with Crippen molar-refractivity contribution in [1.82, 2.24) is 0 Å². The average Bonchev–Trinajstić information content (AvgIpc) is 2.53. The van der Waals surface area contributed by atoms with Gasteiger partial charge in [-0.25, -0.2) is 0 Å². The van der Waals surface area contributed by atoms with Crippen LogP contribution in [0.3, 0.4) is 0 Å². The quantitative estimate of drug-likeness (QED) is 0.348. The van der Waals surface area contributed by atoms with Gasteiger partial charge in [-0.2, -0.15) is 5.26 Å². The average molecular weight is 305 g/mol. The minimum atomic E-state index is -0.246. The SMILES string of the molecule is CC(C)CC(=O)Oc1cccc(/C=C(/C#N)c2ccccc2)c1. The molecule has 0 radical (unpaired) electrons. The highest BCUT2D eigenvalue weighted by Crippen LogP contribution is 2.21. The highest BCUT2D eigenvalue weighted by Gasteiger charge is 2.08. The molecule has 0 amide bonds. The van der Waals surface area contributed by atoms with Crippen molar-refractivity contribution in [1.29, 1.82) is 5.26 Å². The number of hydrogen-bond donors (Lipinski definition) is 0. The number of hydrogen-bond acceptors (Lipinski definition) is 3. The molecule has 0 unspecified atom stereocenters. The predicted octanol–water partition coefficient (Wildman–Crippen LogP) is 4.70. The molecular weight excluding hydrogens is 286 g/mol. The Bertz CT molecular complexity index is 740. The van der Waals surface area contributed by atoms with Gasteiger partial charge in [-0.15, -0.1) is 0 Å². The summed E-state index contributed by atoms with van der Waals surface area (Å²) < 4.78 is 5.34. The van der Waals surface area contributed by atoms with Crippen LogP contribution in [0.5, 0.6) is 5.75 Å². The molecule has 0 bridgehead atoms. The van der Waals surface area contributed by atoms with E-state index in [9.17, 15) is 10.1 Å². The van der Waals surface area contributed by atoms with Crippen molar-refractivity contribution in [3.63, 3.8) is 0 Å². The Kier molecular flexibility index (Phi) is 5.71. The molecule has 3 nitrogen and oxygen atoms in total. The molecule has 0 aliphatic heterocycles. The molecular formula is C20H19NO2. The molecule has 116 valence electrons. The minimum absolute atomic E-state index is 0.246. The zero-order chi connectivity index (χ0) is 16.7. The maximum atomic E-state index is 11.7. The van der Waals surface area contributed by atoms with Gasteiger partial charge in [-0.3, -0.25) is 4.79 Å². The van der Waals surface area contributed by atoms with E-state index in [0.29, 0.717) is 17.7 Å². The second-order valence-corrected chi connectivity index (χ2v) is 5.68. The first-order chi connectivity index (χ1) is 11.1. The van der Waals surface area contributed by atoms with E-state index in [2.05, 4.69) is 6.07 Å². The van der Waals surface area contributed by atoms with E-state index in [1.54, 1.807) is 18.2 Å². The summed E-state index contributed by atoms with van der Waals surface area (Å²) in [6, 6.07) is 18.9. The number of esters is 1. The van der Waals surface area contributed by atoms with Crippen LogP contribution >= 0.6 is 0 Å². The van der Waals surface area contributed by atoms with E-state index in [1.807, 2.05) is 56.3 Å². The molecule has 0 aromatic heterocycles. The number of carbonyl (C=O) groups is 1. The molecule has 0 atom stereocenters. The zero-order valence-corrected chi connectivity index (χ0v) is 13.3. The molecule has 0 aliphatic rings. The number of carbonyl (C=O) groups excluding carboxylic acids is 1. The number of allylic oxidation sites excluding steroid dienone is 1. The van der Waals surface area contributed by atoms with Crippen molar-refractivity contribution in [2.24, 2.45) is 5.92 Å². The number of benzene rings is 2. The van der Waals surface area contributed by atoms with E-state index < -0.39 is 0 Å². The van der Waals surface area contributed by atoms with E-state index in [1.165, 1.54) is 0 Å². The number of rotatable bonds is 5. The zero-order valence-electron chi connectivity index (χ0n) is 13.3. The lowest BCUT2D eigenvalue weighted by molar-refractivity contribution is -0.135. The molecule has 23 heavy (non-hydrogen) atoms. The van der Waals surface area contributed by atoms with E-state index in [-0.39, 0.29) is 11.9 Å². The summed E-state index contributed by atoms with van der Waals surface area (Å²) in [6.45, 7) is 3.94. The van der Waals surface area contributed by atoms with E-state index in [0.717, 1.165) is 11.1 Å². The van der Waals surface area contributed by atoms with Crippen molar-refractivity contribution >= 4 is 17.6 Å². The summed E-state index contributed by atoms with van der Waals surface area (Å²) in [6.07, 6.45) is 2.17. The summed E-state index contributed by atoms with van der Waals surface area (Å²) in [4.78, 5) is 11.7. The van der Waals surface area contributed by atoms with Crippen molar-refractivity contribution in [2.75, 3.05) is 0 Å². The first kappa shape index (κ1) is 16.5. The number of nitriles is 1. The lowest BCUT2D eigenvalue weighted by Gasteiger charge is -2.07. The van der Waals surface area contributed by atoms with E-state index >= 15 is 0 Å². The fourth-order valence-electron chi connectivity index (χ4n) is 2.14. The van der Waals surface area contributed by atoms with Crippen LogP contribution in [-0.2, 0) is 4.79 Å². The lowest BCUT2D eigenvalue weighted by atomic mass is 10.0. The molecule has 0 heterocycles. The molecule has 0 saturated carbocycles. The van der Waals surface area contributed by atoms with Crippen molar-refractivity contribution in [2.45, 2.75) is 20.3 Å². The standard InChI is InChI=1S/C20H19NO2/c1-15(2)11-20(22)23-19-10-6-7-16(13-19)12-18(14-21)17-8-4-3-5-9-17/h3-10,12-13,15H,11H2,1-2H3/b18-12-. The van der Waals surface area contributed by atoms with Gasteiger partial charge >= 0.3 is 5.97 Å². The molecule has 0 spiro atoms. The molecule has 0 N–H and O–H groups in total. The van der Waals surface area contributed by atoms with Crippen LogP contribution in [0.25, 0.3) is 11.6 Å². The van der Waals surface area contributed by atoms with Gasteiger partial charge in [0, 0.05) is 6.42 Å². The van der Waals surface area contributed by atoms with Crippen LogP contribution in [0.1, 0.15) is 31.4 Å². The summed E-state index contributed by atoms with van der Waals surface area (Å²) in [5.41, 5.74) is 2.24. The van der Waals surface area contributed by atoms with Gasteiger partial charge in [-0.1, -0.05) is 56.3 Å². The molecule has 2 aromatic carbocycles. The molecule has 0 fully saturated rings. The second-order valence-electron chi connectivity index (χ2n) is 5.68. The van der Waals surface area contributed by atoms with Crippen molar-refractivity contribution in [3.8, 4) is 11.8 Å². The highest BCUT2D eigenvalue weighted by molar-refractivity contribution is 5.89. The van der Waals surface area contributed by atoms with Crippen LogP contribution in [0.2, 0.25) is 0 Å². The van der Waals surface area contributed by atoms with Gasteiger partial charge in [0.25, 0.3) is 0 Å². The predicted molar refractivity (Wildman–Crippen MR) is 91.5 cm³/mol. The maximum absolute atomic E-state index is 11.7.